The Hall–Kier alpha value is -3.71. The number of hydrogen-bond donors (Lipinski definition) is 2. The van der Waals surface area contributed by atoms with Crippen molar-refractivity contribution in [3.63, 3.8) is 0 Å². The highest BCUT2D eigenvalue weighted by Crippen LogP contribution is 2.35. The van der Waals surface area contributed by atoms with Gasteiger partial charge in [-0.05, 0) is 29.3 Å². The smallest absolute Gasteiger partial charge is 0.258 e. The summed E-state index contributed by atoms with van der Waals surface area (Å²) in [6, 6.07) is 22.9. The Morgan fingerprint density at radius 1 is 0.969 bits per heavy atom. The lowest BCUT2D eigenvalue weighted by Gasteiger charge is -2.15. The molecule has 1 aliphatic rings. The number of ether oxygens (including phenoxy) is 4. The number of aliphatic hydroxyl groups excluding tert-OH is 1. The van der Waals surface area contributed by atoms with Gasteiger partial charge in [0, 0.05) is 19.0 Å². The fraction of sp³-hybridized carbons (Fsp3) is 0.240. The molecule has 32 heavy (non-hydrogen) atoms. The topological polar surface area (TPSA) is 86.3 Å². The minimum Gasteiger partial charge on any atom is -0.491 e. The van der Waals surface area contributed by atoms with Crippen LogP contribution in [0.15, 0.2) is 72.8 Å². The van der Waals surface area contributed by atoms with Crippen LogP contribution in [0.2, 0.25) is 0 Å². The fourth-order valence-electron chi connectivity index (χ4n) is 3.25. The van der Waals surface area contributed by atoms with Crippen LogP contribution in [0.25, 0.3) is 0 Å². The predicted octanol–water partition coefficient (Wildman–Crippen LogP) is 2.94. The van der Waals surface area contributed by atoms with Crippen LogP contribution in [0.5, 0.6) is 23.0 Å². The molecule has 1 heterocycles. The van der Waals surface area contributed by atoms with Crippen LogP contribution in [0.3, 0.4) is 0 Å². The maximum absolute atomic E-state index is 12.2. The number of nitrogens with one attached hydrogen (secondary N) is 1. The van der Waals surface area contributed by atoms with E-state index in [0.29, 0.717) is 29.4 Å². The van der Waals surface area contributed by atoms with Crippen LogP contribution < -0.4 is 24.3 Å². The summed E-state index contributed by atoms with van der Waals surface area (Å²) in [5.41, 5.74) is 2.17. The normalized spacial score (nSPS) is 12.8. The minimum absolute atomic E-state index is 0.0285. The highest BCUT2D eigenvalue weighted by atomic mass is 16.7. The molecule has 0 fully saturated rings. The van der Waals surface area contributed by atoms with Crippen molar-refractivity contribution in [2.24, 2.45) is 0 Å². The molecule has 0 saturated heterocycles. The maximum atomic E-state index is 12.2. The summed E-state index contributed by atoms with van der Waals surface area (Å²) in [5, 5.41) is 12.8. The molecule has 1 unspecified atom stereocenters. The molecule has 1 aliphatic heterocycles. The Bertz CT molecular complexity index is 1040. The quantitative estimate of drug-likeness (QED) is 0.509. The van der Waals surface area contributed by atoms with Crippen molar-refractivity contribution in [3.05, 3.63) is 83.9 Å². The van der Waals surface area contributed by atoms with E-state index in [1.165, 1.54) is 5.56 Å². The first-order valence-electron chi connectivity index (χ1n) is 10.4. The van der Waals surface area contributed by atoms with E-state index in [-0.39, 0.29) is 32.5 Å². The molecule has 0 aromatic heterocycles. The third kappa shape index (κ3) is 5.92. The van der Waals surface area contributed by atoms with E-state index < -0.39 is 6.10 Å². The number of carbonyl (C=O) groups is 1. The van der Waals surface area contributed by atoms with Gasteiger partial charge in [0.15, 0.2) is 18.1 Å². The van der Waals surface area contributed by atoms with Crippen molar-refractivity contribution in [1.82, 2.24) is 5.32 Å². The molecular formula is C25H25NO6. The van der Waals surface area contributed by atoms with Crippen molar-refractivity contribution < 1.29 is 28.8 Å². The lowest BCUT2D eigenvalue weighted by molar-refractivity contribution is -0.123. The number of carbonyl (C=O) groups excluding carboxylic acids is 1. The lowest BCUT2D eigenvalue weighted by atomic mass is 10.0. The second kappa shape index (κ2) is 10.5. The Kier molecular flexibility index (Phi) is 7.09. The monoisotopic (exact) mass is 435 g/mol. The van der Waals surface area contributed by atoms with E-state index in [9.17, 15) is 9.90 Å². The molecule has 2 N–H and O–H groups in total. The zero-order chi connectivity index (χ0) is 22.2. The van der Waals surface area contributed by atoms with Crippen LogP contribution in [0.1, 0.15) is 11.1 Å². The van der Waals surface area contributed by atoms with E-state index in [0.717, 1.165) is 5.56 Å². The summed E-state index contributed by atoms with van der Waals surface area (Å²) in [6.07, 6.45) is -0.149. The molecule has 166 valence electrons. The molecule has 0 aliphatic carbocycles. The van der Waals surface area contributed by atoms with E-state index in [2.05, 4.69) is 17.4 Å². The van der Waals surface area contributed by atoms with Gasteiger partial charge in [-0.3, -0.25) is 4.79 Å². The lowest BCUT2D eigenvalue weighted by Crippen LogP contribution is -2.37. The minimum atomic E-state index is -0.866. The molecule has 1 atom stereocenters. The number of benzene rings is 3. The van der Waals surface area contributed by atoms with Gasteiger partial charge < -0.3 is 29.4 Å². The van der Waals surface area contributed by atoms with Gasteiger partial charge in [-0.2, -0.15) is 0 Å². The van der Waals surface area contributed by atoms with Crippen LogP contribution in [0, 0.1) is 0 Å². The Morgan fingerprint density at radius 3 is 2.62 bits per heavy atom. The second-order valence-electron chi connectivity index (χ2n) is 7.34. The maximum Gasteiger partial charge on any atom is 0.258 e. The predicted molar refractivity (Wildman–Crippen MR) is 118 cm³/mol. The van der Waals surface area contributed by atoms with Crippen LogP contribution in [-0.2, 0) is 11.2 Å². The van der Waals surface area contributed by atoms with Crippen molar-refractivity contribution in [3.8, 4) is 23.0 Å². The average Bonchev–Trinajstić information content (AvgIpc) is 3.29. The molecule has 0 bridgehead atoms. The van der Waals surface area contributed by atoms with Crippen molar-refractivity contribution in [2.75, 3.05) is 26.6 Å². The van der Waals surface area contributed by atoms with Gasteiger partial charge in [0.1, 0.15) is 24.2 Å². The highest BCUT2D eigenvalue weighted by molar-refractivity contribution is 5.77. The molecule has 3 aromatic carbocycles. The second-order valence-corrected chi connectivity index (χ2v) is 7.34. The Labute approximate surface area is 186 Å². The van der Waals surface area contributed by atoms with Gasteiger partial charge in [-0.15, -0.1) is 0 Å². The zero-order valence-electron chi connectivity index (χ0n) is 17.5. The molecule has 0 spiro atoms. The first kappa shape index (κ1) is 21.5. The van der Waals surface area contributed by atoms with E-state index in [1.807, 2.05) is 42.5 Å². The number of para-hydroxylation sites is 1. The molecule has 4 rings (SSSR count). The summed E-state index contributed by atoms with van der Waals surface area (Å²) in [6.45, 7) is 0.132. The summed E-state index contributed by atoms with van der Waals surface area (Å²) >= 11 is 0. The van der Waals surface area contributed by atoms with Gasteiger partial charge in [-0.25, -0.2) is 0 Å². The number of rotatable bonds is 10. The Morgan fingerprint density at radius 2 is 1.75 bits per heavy atom. The largest absolute Gasteiger partial charge is 0.491 e. The third-order valence-corrected chi connectivity index (χ3v) is 4.89. The zero-order valence-corrected chi connectivity index (χ0v) is 17.5. The molecular weight excluding hydrogens is 410 g/mol. The average molecular weight is 435 g/mol. The Balaban J connectivity index is 1.20. The number of amides is 1. The molecule has 0 radical (unpaired) electrons. The summed E-state index contributed by atoms with van der Waals surface area (Å²) in [4.78, 5) is 12.2. The van der Waals surface area contributed by atoms with Gasteiger partial charge in [0.2, 0.25) is 6.79 Å². The van der Waals surface area contributed by atoms with Crippen molar-refractivity contribution in [2.45, 2.75) is 12.5 Å². The van der Waals surface area contributed by atoms with Gasteiger partial charge in [0.25, 0.3) is 5.91 Å². The molecule has 3 aromatic rings. The third-order valence-electron chi connectivity index (χ3n) is 4.89. The van der Waals surface area contributed by atoms with Crippen LogP contribution in [-0.4, -0.2) is 43.7 Å². The number of hydrogen-bond acceptors (Lipinski definition) is 6. The number of aliphatic hydroxyl groups is 1. The van der Waals surface area contributed by atoms with Crippen molar-refractivity contribution in [1.29, 1.82) is 0 Å². The summed E-state index contributed by atoms with van der Waals surface area (Å²) < 4.78 is 21.8. The van der Waals surface area contributed by atoms with Gasteiger partial charge in [0.05, 0.1) is 0 Å². The highest BCUT2D eigenvalue weighted by Gasteiger charge is 2.15. The molecule has 1 amide bonds. The first-order chi connectivity index (χ1) is 15.7. The van der Waals surface area contributed by atoms with E-state index in [1.54, 1.807) is 18.2 Å². The molecule has 7 nitrogen and oxygen atoms in total. The van der Waals surface area contributed by atoms with E-state index in [4.69, 9.17) is 18.9 Å². The summed E-state index contributed by atoms with van der Waals surface area (Å²) in [5.74, 6) is 2.17. The van der Waals surface area contributed by atoms with Crippen LogP contribution in [0.4, 0.5) is 0 Å². The van der Waals surface area contributed by atoms with Gasteiger partial charge in [-0.1, -0.05) is 48.5 Å². The SMILES string of the molecule is O=C(COc1ccccc1Cc1ccccc1)NCC(O)COc1ccc2c(c1)OCO2. The molecule has 0 saturated carbocycles. The summed E-state index contributed by atoms with van der Waals surface area (Å²) in [7, 11) is 0. The van der Waals surface area contributed by atoms with Crippen molar-refractivity contribution >= 4 is 5.91 Å². The fourth-order valence-corrected chi connectivity index (χ4v) is 3.25. The van der Waals surface area contributed by atoms with Crippen LogP contribution >= 0.6 is 0 Å². The van der Waals surface area contributed by atoms with E-state index >= 15 is 0 Å². The molecule has 7 heteroatoms. The van der Waals surface area contributed by atoms with Gasteiger partial charge >= 0.3 is 0 Å². The number of fused-ring (bicyclic) bond motifs is 1. The standard InChI is InChI=1S/C25H25NO6/c27-20(15-29-21-10-11-23-24(13-21)32-17-31-23)14-26-25(28)16-30-22-9-5-4-8-19(22)12-18-6-2-1-3-7-18/h1-11,13,20,27H,12,14-17H2,(H,26,28). The first-order valence-corrected chi connectivity index (χ1v) is 10.4.